The first-order valence-corrected chi connectivity index (χ1v) is 9.83. The normalized spacial score (nSPS) is 10.5. The Hall–Kier alpha value is -3.32. The van der Waals surface area contributed by atoms with E-state index < -0.39 is 0 Å². The minimum Gasteiger partial charge on any atom is -0.497 e. The summed E-state index contributed by atoms with van der Waals surface area (Å²) < 4.78 is 10.7. The molecule has 0 saturated heterocycles. The first kappa shape index (κ1) is 21.4. The van der Waals surface area contributed by atoms with Gasteiger partial charge >= 0.3 is 0 Å². The number of benzene rings is 2. The second kappa shape index (κ2) is 10.5. The van der Waals surface area contributed by atoms with E-state index in [4.69, 9.17) is 20.8 Å². The monoisotopic (exact) mass is 427 g/mol. The summed E-state index contributed by atoms with van der Waals surface area (Å²) in [6.45, 7) is 0.656. The van der Waals surface area contributed by atoms with E-state index in [1.165, 1.54) is 0 Å². The predicted octanol–water partition coefficient (Wildman–Crippen LogP) is 3.48. The molecule has 8 heteroatoms. The van der Waals surface area contributed by atoms with Crippen molar-refractivity contribution >= 4 is 23.4 Å². The van der Waals surface area contributed by atoms with Crippen molar-refractivity contribution in [3.8, 4) is 17.1 Å². The highest BCUT2D eigenvalue weighted by molar-refractivity contribution is 6.33. The number of methoxy groups -OCH3 is 1. The molecular formula is C22H22ClN3O4. The number of nitrogens with one attached hydrogen (secondary N) is 2. The molecule has 2 N–H and O–H groups in total. The maximum Gasteiger partial charge on any atom is 0.251 e. The average Bonchev–Trinajstić information content (AvgIpc) is 3.24. The van der Waals surface area contributed by atoms with Gasteiger partial charge < -0.3 is 19.8 Å². The lowest BCUT2D eigenvalue weighted by Crippen LogP contribution is -2.34. The van der Waals surface area contributed by atoms with E-state index in [-0.39, 0.29) is 18.2 Å². The molecule has 0 unspecified atom stereocenters. The predicted molar refractivity (Wildman–Crippen MR) is 114 cm³/mol. The van der Waals surface area contributed by atoms with Crippen LogP contribution in [0.3, 0.4) is 0 Å². The number of hydrogen-bond acceptors (Lipinski definition) is 5. The molecule has 0 spiro atoms. The minimum absolute atomic E-state index is 0.147. The van der Waals surface area contributed by atoms with Gasteiger partial charge in [0.2, 0.25) is 5.91 Å². The number of nitrogens with zero attached hydrogens (tertiary/aromatic N) is 1. The first-order chi connectivity index (χ1) is 14.6. The van der Waals surface area contributed by atoms with E-state index in [0.717, 1.165) is 5.56 Å². The summed E-state index contributed by atoms with van der Waals surface area (Å²) in [6, 6.07) is 14.1. The van der Waals surface area contributed by atoms with Crippen LogP contribution in [0.5, 0.6) is 5.75 Å². The summed E-state index contributed by atoms with van der Waals surface area (Å²) >= 11 is 6.15. The van der Waals surface area contributed by atoms with Crippen LogP contribution in [0.25, 0.3) is 11.3 Å². The average molecular weight is 428 g/mol. The third-order valence-corrected chi connectivity index (χ3v) is 4.67. The fourth-order valence-corrected chi connectivity index (χ4v) is 2.97. The zero-order valence-corrected chi connectivity index (χ0v) is 17.2. The molecule has 1 aromatic heterocycles. The van der Waals surface area contributed by atoms with Gasteiger partial charge in [-0.2, -0.15) is 0 Å². The molecular weight excluding hydrogens is 406 g/mol. The Labute approximate surface area is 179 Å². The van der Waals surface area contributed by atoms with E-state index in [0.29, 0.717) is 47.5 Å². The van der Waals surface area contributed by atoms with Gasteiger partial charge in [0, 0.05) is 37.1 Å². The first-order valence-electron chi connectivity index (χ1n) is 9.45. The summed E-state index contributed by atoms with van der Waals surface area (Å²) in [7, 11) is 1.57. The summed E-state index contributed by atoms with van der Waals surface area (Å²) in [5.74, 6) is 1.36. The van der Waals surface area contributed by atoms with Crippen LogP contribution in [0.2, 0.25) is 5.02 Å². The van der Waals surface area contributed by atoms with E-state index in [2.05, 4.69) is 15.6 Å². The van der Waals surface area contributed by atoms with Crippen molar-refractivity contribution in [3.63, 3.8) is 0 Å². The van der Waals surface area contributed by atoms with E-state index in [1.54, 1.807) is 43.6 Å². The molecule has 3 rings (SSSR count). The summed E-state index contributed by atoms with van der Waals surface area (Å²) in [4.78, 5) is 28.3. The van der Waals surface area contributed by atoms with Gasteiger partial charge in [0.1, 0.15) is 5.75 Å². The van der Waals surface area contributed by atoms with Crippen LogP contribution in [0, 0.1) is 0 Å². The van der Waals surface area contributed by atoms with Crippen molar-refractivity contribution in [3.05, 3.63) is 71.2 Å². The third-order valence-electron chi connectivity index (χ3n) is 4.34. The van der Waals surface area contributed by atoms with Crippen LogP contribution in [0.15, 0.2) is 59.1 Å². The Bertz CT molecular complexity index is 1000. The van der Waals surface area contributed by atoms with Crippen LogP contribution >= 0.6 is 11.6 Å². The lowest BCUT2D eigenvalue weighted by Gasteiger charge is -2.07. The number of carbonyl (C=O) groups excluding carboxylic acids is 2. The van der Waals surface area contributed by atoms with Crippen LogP contribution in [-0.4, -0.2) is 37.0 Å². The molecule has 2 amide bonds. The second-order valence-corrected chi connectivity index (χ2v) is 6.84. The topological polar surface area (TPSA) is 93.5 Å². The largest absolute Gasteiger partial charge is 0.497 e. The molecule has 0 aliphatic carbocycles. The van der Waals surface area contributed by atoms with Crippen molar-refractivity contribution in [2.45, 2.75) is 12.8 Å². The Morgan fingerprint density at radius 1 is 1.07 bits per heavy atom. The lowest BCUT2D eigenvalue weighted by molar-refractivity contribution is -0.121. The molecule has 1 heterocycles. The fourth-order valence-electron chi connectivity index (χ4n) is 2.74. The summed E-state index contributed by atoms with van der Waals surface area (Å²) in [6.07, 6.45) is 2.20. The van der Waals surface area contributed by atoms with Gasteiger partial charge in [0.15, 0.2) is 11.7 Å². The highest BCUT2D eigenvalue weighted by Crippen LogP contribution is 2.28. The molecule has 0 aliphatic rings. The number of ether oxygens (including phenoxy) is 1. The van der Waals surface area contributed by atoms with Crippen molar-refractivity contribution < 1.29 is 18.7 Å². The number of halogens is 1. The standard InChI is InChI=1S/C22H22ClN3O4/c1-29-16-8-6-15(7-9-16)22(28)25-13-12-24-20(27)10-11-21-26-14-19(30-21)17-4-2-3-5-18(17)23/h2-9,14H,10-13H2,1H3,(H,24,27)(H,25,28). The van der Waals surface area contributed by atoms with Crippen molar-refractivity contribution in [1.29, 1.82) is 0 Å². The lowest BCUT2D eigenvalue weighted by atomic mass is 10.2. The summed E-state index contributed by atoms with van der Waals surface area (Å²) in [5.41, 5.74) is 1.29. The molecule has 30 heavy (non-hydrogen) atoms. The zero-order chi connectivity index (χ0) is 21.3. The fraction of sp³-hybridized carbons (Fsp3) is 0.227. The molecule has 7 nitrogen and oxygen atoms in total. The Balaban J connectivity index is 1.37. The van der Waals surface area contributed by atoms with E-state index in [1.807, 2.05) is 18.2 Å². The van der Waals surface area contributed by atoms with E-state index in [9.17, 15) is 9.59 Å². The number of oxazole rings is 1. The number of rotatable bonds is 9. The van der Waals surface area contributed by atoms with Crippen LogP contribution in [0.4, 0.5) is 0 Å². The van der Waals surface area contributed by atoms with Crippen LogP contribution < -0.4 is 15.4 Å². The molecule has 0 aliphatic heterocycles. The van der Waals surface area contributed by atoms with Crippen molar-refractivity contribution in [2.24, 2.45) is 0 Å². The SMILES string of the molecule is COc1ccc(C(=O)NCCNC(=O)CCc2ncc(-c3ccccc3Cl)o2)cc1. The maximum atomic E-state index is 12.0. The van der Waals surface area contributed by atoms with Gasteiger partial charge in [-0.25, -0.2) is 4.98 Å². The van der Waals surface area contributed by atoms with Crippen molar-refractivity contribution in [1.82, 2.24) is 15.6 Å². The quantitative estimate of drug-likeness (QED) is 0.510. The van der Waals surface area contributed by atoms with Gasteiger partial charge in [0.25, 0.3) is 5.91 Å². The molecule has 0 fully saturated rings. The molecule has 0 bridgehead atoms. The third kappa shape index (κ3) is 5.84. The highest BCUT2D eigenvalue weighted by atomic mass is 35.5. The molecule has 3 aromatic rings. The number of hydrogen-bond donors (Lipinski definition) is 2. The highest BCUT2D eigenvalue weighted by Gasteiger charge is 2.11. The number of aromatic nitrogens is 1. The van der Waals surface area contributed by atoms with Crippen molar-refractivity contribution in [2.75, 3.05) is 20.2 Å². The van der Waals surface area contributed by atoms with E-state index >= 15 is 0 Å². The smallest absolute Gasteiger partial charge is 0.251 e. The number of amides is 2. The van der Waals surface area contributed by atoms with Gasteiger partial charge in [-0.3, -0.25) is 9.59 Å². The molecule has 2 aromatic carbocycles. The zero-order valence-electron chi connectivity index (χ0n) is 16.5. The Morgan fingerprint density at radius 3 is 2.53 bits per heavy atom. The van der Waals surface area contributed by atoms with Gasteiger partial charge in [-0.05, 0) is 36.4 Å². The maximum absolute atomic E-state index is 12.0. The van der Waals surface area contributed by atoms with Gasteiger partial charge in [-0.15, -0.1) is 0 Å². The Morgan fingerprint density at radius 2 is 1.80 bits per heavy atom. The number of aryl methyl sites for hydroxylation is 1. The minimum atomic E-state index is -0.209. The van der Waals surface area contributed by atoms with Gasteiger partial charge in [0.05, 0.1) is 18.3 Å². The molecule has 0 radical (unpaired) electrons. The van der Waals surface area contributed by atoms with Crippen LogP contribution in [0.1, 0.15) is 22.7 Å². The molecule has 0 saturated carbocycles. The molecule has 156 valence electrons. The summed E-state index contributed by atoms with van der Waals surface area (Å²) in [5, 5.41) is 6.09. The Kier molecular flexibility index (Phi) is 7.45. The number of carbonyl (C=O) groups is 2. The second-order valence-electron chi connectivity index (χ2n) is 6.43. The van der Waals surface area contributed by atoms with Gasteiger partial charge in [-0.1, -0.05) is 23.7 Å². The molecule has 0 atom stereocenters. The van der Waals surface area contributed by atoms with Crippen LogP contribution in [-0.2, 0) is 11.2 Å².